The maximum Gasteiger partial charge on any atom is 0.573 e. The normalized spacial score (nSPS) is 17.5. The molecule has 2 aliphatic heterocycles. The van der Waals surface area contributed by atoms with Crippen LogP contribution in [0.3, 0.4) is 0 Å². The van der Waals surface area contributed by atoms with Crippen molar-refractivity contribution in [3.05, 3.63) is 54.4 Å². The molecule has 182 valence electrons. The lowest BCUT2D eigenvalue weighted by molar-refractivity contribution is -0.274. The van der Waals surface area contributed by atoms with E-state index in [-0.39, 0.29) is 7.18 Å². The first-order valence-electron chi connectivity index (χ1n) is 11.1. The zero-order chi connectivity index (χ0) is 23.7. The highest BCUT2D eigenvalue weighted by Crippen LogP contribution is 2.27. The van der Waals surface area contributed by atoms with Gasteiger partial charge in [0.1, 0.15) is 12.1 Å². The predicted molar refractivity (Wildman–Crippen MR) is 123 cm³/mol. The van der Waals surface area contributed by atoms with E-state index < -0.39 is 6.36 Å². The third-order valence-electron chi connectivity index (χ3n) is 5.94. The van der Waals surface area contributed by atoms with Gasteiger partial charge in [0.25, 0.3) is 0 Å². The number of rotatable bonds is 6. The number of aromatic nitrogens is 3. The van der Waals surface area contributed by atoms with Crippen LogP contribution in [-0.4, -0.2) is 71.5 Å². The molecule has 1 N–H and O–H groups in total. The standard InChI is InChI=1S/C23H25F3N6O2.H2/c1-16-9-17(11-19(10-16)30-5-7-31(8-6-30)20-13-33-14-20)28-22-27-15-32(29-22)18-3-2-4-21(12-18)34-23(24,25)26;/h2-4,9-12,15,20H,5-8,13-14H2,1H3,(H,28,29);1H. The van der Waals surface area contributed by atoms with Crippen molar-refractivity contribution >= 4 is 17.3 Å². The topological polar surface area (TPSA) is 67.7 Å². The van der Waals surface area contributed by atoms with Crippen LogP contribution in [0.2, 0.25) is 0 Å². The summed E-state index contributed by atoms with van der Waals surface area (Å²) in [6.07, 6.45) is -3.32. The molecule has 0 aliphatic carbocycles. The van der Waals surface area contributed by atoms with E-state index in [1.807, 2.05) is 13.0 Å². The van der Waals surface area contributed by atoms with E-state index in [1.54, 1.807) is 6.07 Å². The smallest absolute Gasteiger partial charge is 0.406 e. The zero-order valence-corrected chi connectivity index (χ0v) is 18.6. The van der Waals surface area contributed by atoms with Gasteiger partial charge in [0, 0.05) is 45.0 Å². The molecule has 8 nitrogen and oxygen atoms in total. The molecule has 2 fully saturated rings. The van der Waals surface area contributed by atoms with Crippen LogP contribution in [-0.2, 0) is 4.74 Å². The van der Waals surface area contributed by atoms with Crippen molar-refractivity contribution in [2.45, 2.75) is 19.3 Å². The van der Waals surface area contributed by atoms with Crippen molar-refractivity contribution in [2.24, 2.45) is 0 Å². The van der Waals surface area contributed by atoms with Crippen LogP contribution in [0.1, 0.15) is 6.99 Å². The minimum atomic E-state index is -4.76. The van der Waals surface area contributed by atoms with Crippen molar-refractivity contribution in [3.63, 3.8) is 0 Å². The molecule has 2 aromatic carbocycles. The summed E-state index contributed by atoms with van der Waals surface area (Å²) in [4.78, 5) is 9.11. The van der Waals surface area contributed by atoms with Crippen molar-refractivity contribution in [1.29, 1.82) is 0 Å². The van der Waals surface area contributed by atoms with Gasteiger partial charge in [-0.25, -0.2) is 4.68 Å². The third kappa shape index (κ3) is 5.26. The Kier molecular flexibility index (Phi) is 6.05. The predicted octanol–water partition coefficient (Wildman–Crippen LogP) is 3.98. The Labute approximate surface area is 196 Å². The molecule has 1 aromatic heterocycles. The fraction of sp³-hybridized carbons (Fsp3) is 0.391. The van der Waals surface area contributed by atoms with Crippen LogP contribution in [0.15, 0.2) is 48.8 Å². The third-order valence-corrected chi connectivity index (χ3v) is 5.94. The molecular formula is C23H27F3N6O2. The molecule has 0 unspecified atom stereocenters. The Morgan fingerprint density at radius 2 is 1.85 bits per heavy atom. The molecule has 2 saturated heterocycles. The highest BCUT2D eigenvalue weighted by molar-refractivity contribution is 5.64. The van der Waals surface area contributed by atoms with E-state index in [9.17, 15) is 13.2 Å². The summed E-state index contributed by atoms with van der Waals surface area (Å²) in [5.74, 6) is 0.0248. The Morgan fingerprint density at radius 3 is 2.56 bits per heavy atom. The molecule has 2 aliphatic rings. The largest absolute Gasteiger partial charge is 0.573 e. The number of anilines is 3. The fourth-order valence-electron chi connectivity index (χ4n) is 4.19. The van der Waals surface area contributed by atoms with Gasteiger partial charge in [0.2, 0.25) is 5.95 Å². The first kappa shape index (κ1) is 22.5. The van der Waals surface area contributed by atoms with Crippen LogP contribution in [0.25, 0.3) is 5.69 Å². The number of ether oxygens (including phenoxy) is 2. The number of piperazine rings is 1. The van der Waals surface area contributed by atoms with Crippen molar-refractivity contribution in [1.82, 2.24) is 19.7 Å². The number of nitrogens with one attached hydrogen (secondary N) is 1. The number of hydrogen-bond donors (Lipinski definition) is 1. The quantitative estimate of drug-likeness (QED) is 0.577. The number of hydrogen-bond acceptors (Lipinski definition) is 7. The van der Waals surface area contributed by atoms with Crippen LogP contribution in [0.5, 0.6) is 5.75 Å². The number of alkyl halides is 3. The van der Waals surface area contributed by atoms with Crippen molar-refractivity contribution < 1.29 is 24.1 Å². The van der Waals surface area contributed by atoms with Crippen molar-refractivity contribution in [3.8, 4) is 11.4 Å². The van der Waals surface area contributed by atoms with E-state index in [0.29, 0.717) is 17.7 Å². The molecule has 0 bridgehead atoms. The summed E-state index contributed by atoms with van der Waals surface area (Å²) in [6.45, 7) is 7.61. The molecule has 5 rings (SSSR count). The number of benzene rings is 2. The second-order valence-corrected chi connectivity index (χ2v) is 8.45. The number of aryl methyl sites for hydroxylation is 1. The highest BCUT2D eigenvalue weighted by atomic mass is 19.4. The molecule has 0 saturated carbocycles. The van der Waals surface area contributed by atoms with Gasteiger partial charge in [-0.1, -0.05) is 6.07 Å². The van der Waals surface area contributed by atoms with E-state index >= 15 is 0 Å². The van der Waals surface area contributed by atoms with Gasteiger partial charge < -0.3 is 19.7 Å². The minimum absolute atomic E-state index is 0. The second-order valence-electron chi connectivity index (χ2n) is 8.45. The first-order valence-corrected chi connectivity index (χ1v) is 11.1. The molecule has 3 aromatic rings. The molecule has 0 amide bonds. The van der Waals surface area contributed by atoms with Gasteiger partial charge in [0.05, 0.1) is 24.9 Å². The van der Waals surface area contributed by atoms with Crippen LogP contribution < -0.4 is 15.0 Å². The summed E-state index contributed by atoms with van der Waals surface area (Å²) in [7, 11) is 0. The molecule has 34 heavy (non-hydrogen) atoms. The van der Waals surface area contributed by atoms with Crippen LogP contribution >= 0.6 is 0 Å². The SMILES string of the molecule is Cc1cc(Nc2ncn(-c3cccc(OC(F)(F)F)c3)n2)cc(N2CCN(C3COC3)CC2)c1.[HH]. The minimum Gasteiger partial charge on any atom is -0.406 e. The second kappa shape index (κ2) is 9.15. The average molecular weight is 477 g/mol. The summed E-state index contributed by atoms with van der Waals surface area (Å²) >= 11 is 0. The summed E-state index contributed by atoms with van der Waals surface area (Å²) < 4.78 is 48.2. The van der Waals surface area contributed by atoms with Gasteiger partial charge in [-0.05, 0) is 42.8 Å². The Hall–Kier alpha value is -3.31. The number of nitrogens with zero attached hydrogens (tertiary/aromatic N) is 5. The lowest BCUT2D eigenvalue weighted by Crippen LogP contribution is -2.56. The Balaban J connectivity index is 0.00000289. The molecule has 0 radical (unpaired) electrons. The fourth-order valence-corrected chi connectivity index (χ4v) is 4.19. The molecular weight excluding hydrogens is 449 g/mol. The number of halogens is 3. The van der Waals surface area contributed by atoms with E-state index in [2.05, 4.69) is 42.1 Å². The summed E-state index contributed by atoms with van der Waals surface area (Å²) in [6, 6.07) is 12.4. The zero-order valence-electron chi connectivity index (χ0n) is 18.6. The molecule has 3 heterocycles. The molecule has 11 heteroatoms. The maximum atomic E-state index is 12.5. The summed E-state index contributed by atoms with van der Waals surface area (Å²) in [5, 5.41) is 7.56. The highest BCUT2D eigenvalue weighted by Gasteiger charge is 2.31. The van der Waals surface area contributed by atoms with Gasteiger partial charge in [0.15, 0.2) is 0 Å². The lowest BCUT2D eigenvalue weighted by atomic mass is 10.1. The molecule has 0 spiro atoms. The Morgan fingerprint density at radius 1 is 1.06 bits per heavy atom. The molecule has 0 atom stereocenters. The Bertz CT molecular complexity index is 1150. The van der Waals surface area contributed by atoms with Gasteiger partial charge in [-0.15, -0.1) is 18.3 Å². The van der Waals surface area contributed by atoms with Gasteiger partial charge >= 0.3 is 6.36 Å². The van der Waals surface area contributed by atoms with Gasteiger partial charge in [-0.2, -0.15) is 4.98 Å². The average Bonchev–Trinajstić information content (AvgIpc) is 3.20. The van der Waals surface area contributed by atoms with Crippen LogP contribution in [0, 0.1) is 6.92 Å². The van der Waals surface area contributed by atoms with E-state index in [4.69, 9.17) is 4.74 Å². The first-order chi connectivity index (χ1) is 16.3. The van der Waals surface area contributed by atoms with E-state index in [1.165, 1.54) is 29.2 Å². The summed E-state index contributed by atoms with van der Waals surface area (Å²) in [5.41, 5.74) is 3.48. The lowest BCUT2D eigenvalue weighted by Gasteiger charge is -2.43. The maximum absolute atomic E-state index is 12.5. The van der Waals surface area contributed by atoms with Crippen molar-refractivity contribution in [2.75, 3.05) is 49.6 Å². The van der Waals surface area contributed by atoms with Gasteiger partial charge in [-0.3, -0.25) is 4.90 Å². The monoisotopic (exact) mass is 476 g/mol. The van der Waals surface area contributed by atoms with E-state index in [0.717, 1.165) is 56.3 Å². The van der Waals surface area contributed by atoms with Crippen LogP contribution in [0.4, 0.5) is 30.5 Å².